The number of carbonyl (C=O) groups excluding carboxylic acids is 2. The molecule has 1 saturated heterocycles. The summed E-state index contributed by atoms with van der Waals surface area (Å²) in [5.74, 6) is -1.94. The maximum absolute atomic E-state index is 14.0. The van der Waals surface area contributed by atoms with E-state index in [9.17, 15) is 22.4 Å². The number of piperidine rings is 1. The van der Waals surface area contributed by atoms with E-state index in [0.717, 1.165) is 0 Å². The van der Waals surface area contributed by atoms with Gasteiger partial charge in [-0.15, -0.1) is 0 Å². The monoisotopic (exact) mass is 476 g/mol. The summed E-state index contributed by atoms with van der Waals surface area (Å²) in [7, 11) is -3.92. The highest BCUT2D eigenvalue weighted by Crippen LogP contribution is 2.32. The quantitative estimate of drug-likeness (QED) is 0.541. The third-order valence-electron chi connectivity index (χ3n) is 5.83. The molecule has 0 bridgehead atoms. The van der Waals surface area contributed by atoms with E-state index < -0.39 is 21.7 Å². The Balaban J connectivity index is 1.94. The summed E-state index contributed by atoms with van der Waals surface area (Å²) in [4.78, 5) is 25.9. The molecule has 3 rings (SSSR count). The molecule has 8 nitrogen and oxygen atoms in total. The summed E-state index contributed by atoms with van der Waals surface area (Å²) >= 11 is 0. The van der Waals surface area contributed by atoms with Gasteiger partial charge in [0, 0.05) is 30.7 Å². The van der Waals surface area contributed by atoms with Gasteiger partial charge in [-0.3, -0.25) is 9.59 Å². The van der Waals surface area contributed by atoms with Crippen molar-refractivity contribution < 1.29 is 22.4 Å². The molecule has 1 aliphatic rings. The molecule has 2 aromatic carbocycles. The SMILES string of the molecule is CCC(C)NS(=O)(=O)c1cc(NC(=O)c2ccccc2F)ccc1N1CCC(C(N)=O)CC1. The van der Waals surface area contributed by atoms with Gasteiger partial charge < -0.3 is 16.0 Å². The van der Waals surface area contributed by atoms with Crippen molar-refractivity contribution in [2.75, 3.05) is 23.3 Å². The molecule has 178 valence electrons. The first kappa shape index (κ1) is 24.7. The fourth-order valence-corrected chi connectivity index (χ4v) is 5.31. The molecule has 2 amide bonds. The minimum atomic E-state index is -3.92. The Bertz CT molecular complexity index is 1130. The topological polar surface area (TPSA) is 122 Å². The number of anilines is 2. The molecule has 1 fully saturated rings. The molecule has 1 aliphatic heterocycles. The zero-order valence-electron chi connectivity index (χ0n) is 18.7. The Labute approximate surface area is 193 Å². The maximum atomic E-state index is 14.0. The molecule has 1 unspecified atom stereocenters. The average Bonchev–Trinajstić information content (AvgIpc) is 2.79. The van der Waals surface area contributed by atoms with Gasteiger partial charge in [-0.2, -0.15) is 0 Å². The predicted molar refractivity (Wildman–Crippen MR) is 125 cm³/mol. The summed E-state index contributed by atoms with van der Waals surface area (Å²) in [6, 6.07) is 9.84. The number of benzene rings is 2. The first-order valence-corrected chi connectivity index (χ1v) is 12.4. The highest BCUT2D eigenvalue weighted by atomic mass is 32.2. The van der Waals surface area contributed by atoms with E-state index in [1.165, 1.54) is 24.3 Å². The molecule has 33 heavy (non-hydrogen) atoms. The van der Waals surface area contributed by atoms with E-state index in [2.05, 4.69) is 10.0 Å². The Hall–Kier alpha value is -2.98. The van der Waals surface area contributed by atoms with E-state index in [1.54, 1.807) is 25.1 Å². The van der Waals surface area contributed by atoms with Gasteiger partial charge in [-0.1, -0.05) is 19.1 Å². The number of rotatable bonds is 8. The third kappa shape index (κ3) is 5.88. The van der Waals surface area contributed by atoms with Gasteiger partial charge in [0.1, 0.15) is 10.7 Å². The van der Waals surface area contributed by atoms with Crippen molar-refractivity contribution in [3.05, 3.63) is 53.8 Å². The summed E-state index contributed by atoms with van der Waals surface area (Å²) < 4.78 is 43.1. The first-order valence-electron chi connectivity index (χ1n) is 10.9. The lowest BCUT2D eigenvalue weighted by Gasteiger charge is -2.33. The van der Waals surface area contributed by atoms with Crippen molar-refractivity contribution in [1.29, 1.82) is 0 Å². The third-order valence-corrected chi connectivity index (χ3v) is 7.45. The van der Waals surface area contributed by atoms with Crippen LogP contribution in [0.5, 0.6) is 0 Å². The zero-order chi connectivity index (χ0) is 24.2. The number of carbonyl (C=O) groups is 2. The number of primary amides is 1. The normalized spacial score (nSPS) is 15.8. The fourth-order valence-electron chi connectivity index (χ4n) is 3.73. The Morgan fingerprint density at radius 2 is 1.85 bits per heavy atom. The second kappa shape index (κ2) is 10.3. The summed E-state index contributed by atoms with van der Waals surface area (Å²) in [5, 5.41) is 2.58. The van der Waals surface area contributed by atoms with Crippen LogP contribution in [0.1, 0.15) is 43.5 Å². The first-order chi connectivity index (χ1) is 15.6. The van der Waals surface area contributed by atoms with Crippen LogP contribution >= 0.6 is 0 Å². The Morgan fingerprint density at radius 1 is 1.18 bits per heavy atom. The number of halogens is 1. The van der Waals surface area contributed by atoms with Crippen LogP contribution in [0.15, 0.2) is 47.4 Å². The minimum absolute atomic E-state index is 0.00617. The van der Waals surface area contributed by atoms with Crippen molar-refractivity contribution in [2.45, 2.75) is 44.0 Å². The van der Waals surface area contributed by atoms with Crippen LogP contribution in [-0.2, 0) is 14.8 Å². The van der Waals surface area contributed by atoms with Gasteiger partial charge in [0.15, 0.2) is 0 Å². The van der Waals surface area contributed by atoms with Crippen molar-refractivity contribution >= 4 is 33.2 Å². The molecule has 4 N–H and O–H groups in total. The Kier molecular flexibility index (Phi) is 7.70. The van der Waals surface area contributed by atoms with Crippen LogP contribution in [-0.4, -0.2) is 39.4 Å². The second-order valence-electron chi connectivity index (χ2n) is 8.21. The molecule has 10 heteroatoms. The fraction of sp³-hybridized carbons (Fsp3) is 0.391. The molecule has 1 atom stereocenters. The maximum Gasteiger partial charge on any atom is 0.258 e. The zero-order valence-corrected chi connectivity index (χ0v) is 19.5. The summed E-state index contributed by atoms with van der Waals surface area (Å²) in [6.45, 7) is 4.58. The smallest absolute Gasteiger partial charge is 0.258 e. The summed E-state index contributed by atoms with van der Waals surface area (Å²) in [5.41, 5.74) is 5.97. The lowest BCUT2D eigenvalue weighted by molar-refractivity contribution is -0.122. The molecule has 0 radical (unpaired) electrons. The highest BCUT2D eigenvalue weighted by Gasteiger charge is 2.28. The van der Waals surface area contributed by atoms with Gasteiger partial charge in [0.25, 0.3) is 5.91 Å². The van der Waals surface area contributed by atoms with E-state index in [-0.39, 0.29) is 34.0 Å². The number of hydrogen-bond acceptors (Lipinski definition) is 5. The lowest BCUT2D eigenvalue weighted by Crippen LogP contribution is -2.40. The van der Waals surface area contributed by atoms with Crippen molar-refractivity contribution in [3.8, 4) is 0 Å². The number of nitrogens with two attached hydrogens (primary N) is 1. The molecule has 0 aromatic heterocycles. The molecule has 0 saturated carbocycles. The van der Waals surface area contributed by atoms with Crippen molar-refractivity contribution in [3.63, 3.8) is 0 Å². The number of hydrogen-bond donors (Lipinski definition) is 3. The van der Waals surface area contributed by atoms with E-state index in [0.29, 0.717) is 38.0 Å². The Morgan fingerprint density at radius 3 is 2.45 bits per heavy atom. The number of sulfonamides is 1. The standard InChI is InChI=1S/C23H29FN4O4S/c1-3-15(2)27-33(31,32)21-14-17(26-23(30)18-6-4-5-7-19(18)24)8-9-20(21)28-12-10-16(11-13-28)22(25)29/h4-9,14-16,27H,3,10-13H2,1-2H3,(H2,25,29)(H,26,30). The number of amides is 2. The minimum Gasteiger partial charge on any atom is -0.370 e. The van der Waals surface area contributed by atoms with Gasteiger partial charge in [-0.25, -0.2) is 17.5 Å². The van der Waals surface area contributed by atoms with Crippen LogP contribution in [0.25, 0.3) is 0 Å². The average molecular weight is 477 g/mol. The molecule has 2 aromatic rings. The second-order valence-corrected chi connectivity index (χ2v) is 9.89. The molecule has 0 aliphatic carbocycles. The van der Waals surface area contributed by atoms with E-state index >= 15 is 0 Å². The van der Waals surface area contributed by atoms with Crippen LogP contribution in [0.4, 0.5) is 15.8 Å². The lowest BCUT2D eigenvalue weighted by atomic mass is 9.96. The van der Waals surface area contributed by atoms with Gasteiger partial charge >= 0.3 is 0 Å². The molecular formula is C23H29FN4O4S. The van der Waals surface area contributed by atoms with Crippen molar-refractivity contribution in [1.82, 2.24) is 4.72 Å². The van der Waals surface area contributed by atoms with Crippen LogP contribution < -0.4 is 20.7 Å². The van der Waals surface area contributed by atoms with Crippen LogP contribution in [0, 0.1) is 11.7 Å². The summed E-state index contributed by atoms with van der Waals surface area (Å²) in [6.07, 6.45) is 1.65. The van der Waals surface area contributed by atoms with Gasteiger partial charge in [0.2, 0.25) is 15.9 Å². The van der Waals surface area contributed by atoms with Crippen LogP contribution in [0.2, 0.25) is 0 Å². The highest BCUT2D eigenvalue weighted by molar-refractivity contribution is 7.89. The van der Waals surface area contributed by atoms with Gasteiger partial charge in [-0.05, 0) is 56.5 Å². The number of nitrogens with one attached hydrogen (secondary N) is 2. The van der Waals surface area contributed by atoms with Gasteiger partial charge in [0.05, 0.1) is 11.3 Å². The molecular weight excluding hydrogens is 447 g/mol. The van der Waals surface area contributed by atoms with E-state index in [1.807, 2.05) is 11.8 Å². The largest absolute Gasteiger partial charge is 0.370 e. The predicted octanol–water partition coefficient (Wildman–Crippen LogP) is 2.86. The van der Waals surface area contributed by atoms with E-state index in [4.69, 9.17) is 5.73 Å². The molecule has 0 spiro atoms. The number of nitrogens with zero attached hydrogens (tertiary/aromatic N) is 1. The van der Waals surface area contributed by atoms with Crippen LogP contribution in [0.3, 0.4) is 0 Å². The van der Waals surface area contributed by atoms with Crippen molar-refractivity contribution in [2.24, 2.45) is 11.7 Å². The molecule has 1 heterocycles.